The summed E-state index contributed by atoms with van der Waals surface area (Å²) in [5.41, 5.74) is 0.716. The number of barbiturate groups is 1. The van der Waals surface area contributed by atoms with Crippen LogP contribution in [-0.4, -0.2) is 29.9 Å². The van der Waals surface area contributed by atoms with Gasteiger partial charge in [-0.3, -0.25) is 25.0 Å². The van der Waals surface area contributed by atoms with Crippen LogP contribution < -0.4 is 19.7 Å². The predicted molar refractivity (Wildman–Crippen MR) is 139 cm³/mol. The van der Waals surface area contributed by atoms with Crippen molar-refractivity contribution in [3.05, 3.63) is 96.9 Å². The Morgan fingerprint density at radius 1 is 1.11 bits per heavy atom. The van der Waals surface area contributed by atoms with Crippen molar-refractivity contribution in [2.75, 3.05) is 12.0 Å². The first-order chi connectivity index (χ1) is 17.7. The Bertz CT molecular complexity index is 1460. The number of nitrogens with one attached hydrogen (secondary N) is 1. The second-order valence-corrected chi connectivity index (χ2v) is 8.85. The van der Waals surface area contributed by atoms with Gasteiger partial charge in [0.1, 0.15) is 18.0 Å². The van der Waals surface area contributed by atoms with E-state index in [4.69, 9.17) is 9.47 Å². The molecular formula is C25H17FIN3O7. The van der Waals surface area contributed by atoms with Crippen LogP contribution in [0.5, 0.6) is 11.5 Å². The van der Waals surface area contributed by atoms with Crippen molar-refractivity contribution in [3.63, 3.8) is 0 Å². The smallest absolute Gasteiger partial charge is 0.335 e. The van der Waals surface area contributed by atoms with Gasteiger partial charge in [0.15, 0.2) is 11.5 Å². The number of rotatable bonds is 7. The molecule has 1 aliphatic rings. The summed E-state index contributed by atoms with van der Waals surface area (Å²) in [4.78, 5) is 48.9. The molecule has 37 heavy (non-hydrogen) atoms. The molecule has 10 nitrogen and oxygen atoms in total. The average molecular weight is 617 g/mol. The number of carbonyl (C=O) groups excluding carboxylic acids is 3. The minimum atomic E-state index is -0.986. The molecular weight excluding hydrogens is 600 g/mol. The highest BCUT2D eigenvalue weighted by Crippen LogP contribution is 2.35. The fourth-order valence-electron chi connectivity index (χ4n) is 3.51. The van der Waals surface area contributed by atoms with Gasteiger partial charge in [-0.1, -0.05) is 6.07 Å². The molecule has 0 saturated carbocycles. The third-order valence-electron chi connectivity index (χ3n) is 5.26. The lowest BCUT2D eigenvalue weighted by Crippen LogP contribution is -2.54. The fourth-order valence-corrected chi connectivity index (χ4v) is 4.29. The molecule has 12 heteroatoms. The normalized spacial score (nSPS) is 14.5. The van der Waals surface area contributed by atoms with Gasteiger partial charge in [0.25, 0.3) is 17.5 Å². The zero-order valence-electron chi connectivity index (χ0n) is 19.1. The third kappa shape index (κ3) is 5.58. The molecule has 0 spiro atoms. The van der Waals surface area contributed by atoms with E-state index in [0.717, 1.165) is 12.1 Å². The van der Waals surface area contributed by atoms with Gasteiger partial charge in [-0.25, -0.2) is 14.1 Å². The second-order valence-electron chi connectivity index (χ2n) is 7.68. The number of amides is 4. The SMILES string of the molecule is COc1cc(/C=C2\C(=O)NC(=O)N(c3cccc(F)c3)C2=O)cc(I)c1OCc1ccc([N+](=O)[O-])cc1. The number of hydrogen-bond donors (Lipinski definition) is 1. The van der Waals surface area contributed by atoms with Gasteiger partial charge in [0.2, 0.25) is 0 Å². The lowest BCUT2D eigenvalue weighted by atomic mass is 10.1. The van der Waals surface area contributed by atoms with Gasteiger partial charge < -0.3 is 9.47 Å². The summed E-state index contributed by atoms with van der Waals surface area (Å²) in [6.45, 7) is 0.108. The van der Waals surface area contributed by atoms with Crippen LogP contribution in [0.3, 0.4) is 0 Å². The Hall–Kier alpha value is -4.33. The Labute approximate surface area is 223 Å². The molecule has 1 N–H and O–H groups in total. The van der Waals surface area contributed by atoms with E-state index in [9.17, 15) is 28.9 Å². The molecule has 188 valence electrons. The summed E-state index contributed by atoms with van der Waals surface area (Å²) in [6.07, 6.45) is 1.29. The number of methoxy groups -OCH3 is 1. The fraction of sp³-hybridized carbons (Fsp3) is 0.0800. The number of anilines is 1. The third-order valence-corrected chi connectivity index (χ3v) is 6.06. The first kappa shape index (κ1) is 25.8. The molecule has 1 heterocycles. The van der Waals surface area contributed by atoms with Crippen molar-refractivity contribution >= 4 is 57.9 Å². The van der Waals surface area contributed by atoms with Gasteiger partial charge in [0, 0.05) is 12.1 Å². The van der Waals surface area contributed by atoms with Crippen molar-refractivity contribution in [1.82, 2.24) is 5.32 Å². The largest absolute Gasteiger partial charge is 0.493 e. The molecule has 1 aliphatic heterocycles. The number of non-ortho nitro benzene ring substituents is 1. The Morgan fingerprint density at radius 3 is 2.49 bits per heavy atom. The van der Waals surface area contributed by atoms with E-state index < -0.39 is 28.6 Å². The zero-order valence-corrected chi connectivity index (χ0v) is 21.2. The summed E-state index contributed by atoms with van der Waals surface area (Å²) >= 11 is 2.00. The lowest BCUT2D eigenvalue weighted by Gasteiger charge is -2.26. The van der Waals surface area contributed by atoms with Crippen LogP contribution >= 0.6 is 22.6 Å². The molecule has 0 unspecified atom stereocenters. The lowest BCUT2D eigenvalue weighted by molar-refractivity contribution is -0.384. The molecule has 0 aromatic heterocycles. The zero-order chi connectivity index (χ0) is 26.7. The van der Waals surface area contributed by atoms with E-state index in [2.05, 4.69) is 5.32 Å². The summed E-state index contributed by atoms with van der Waals surface area (Å²) in [6, 6.07) is 13.0. The van der Waals surface area contributed by atoms with Crippen LogP contribution in [0, 0.1) is 19.5 Å². The second kappa shape index (κ2) is 10.7. The highest BCUT2D eigenvalue weighted by Gasteiger charge is 2.37. The Balaban J connectivity index is 1.61. The first-order valence-corrected chi connectivity index (χ1v) is 11.7. The maximum absolute atomic E-state index is 13.7. The monoisotopic (exact) mass is 617 g/mol. The molecule has 0 radical (unpaired) electrons. The number of carbonyl (C=O) groups is 3. The summed E-state index contributed by atoms with van der Waals surface area (Å²) in [7, 11) is 1.42. The summed E-state index contributed by atoms with van der Waals surface area (Å²) in [5, 5.41) is 12.9. The minimum Gasteiger partial charge on any atom is -0.493 e. The Morgan fingerprint density at radius 2 is 1.84 bits per heavy atom. The molecule has 0 atom stereocenters. The molecule has 4 rings (SSSR count). The molecule has 3 aromatic carbocycles. The van der Waals surface area contributed by atoms with Crippen LogP contribution in [0.1, 0.15) is 11.1 Å². The van der Waals surface area contributed by atoms with Crippen molar-refractivity contribution in [2.24, 2.45) is 0 Å². The molecule has 1 fully saturated rings. The minimum absolute atomic E-state index is 0.0250. The number of nitro benzene ring substituents is 1. The summed E-state index contributed by atoms with van der Waals surface area (Å²) in [5.74, 6) is -1.76. The highest BCUT2D eigenvalue weighted by molar-refractivity contribution is 14.1. The van der Waals surface area contributed by atoms with Crippen LogP contribution in [0.25, 0.3) is 6.08 Å². The van der Waals surface area contributed by atoms with Crippen LogP contribution in [0.2, 0.25) is 0 Å². The van der Waals surface area contributed by atoms with Gasteiger partial charge >= 0.3 is 6.03 Å². The van der Waals surface area contributed by atoms with Gasteiger partial charge in [-0.15, -0.1) is 0 Å². The number of urea groups is 1. The highest BCUT2D eigenvalue weighted by atomic mass is 127. The molecule has 0 aliphatic carbocycles. The summed E-state index contributed by atoms with van der Waals surface area (Å²) < 4.78 is 25.6. The van der Waals surface area contributed by atoms with Crippen LogP contribution in [0.15, 0.2) is 66.2 Å². The quantitative estimate of drug-likeness (QED) is 0.135. The molecule has 4 amide bonds. The van der Waals surface area contributed by atoms with Gasteiger partial charge in [-0.2, -0.15) is 0 Å². The van der Waals surface area contributed by atoms with Gasteiger partial charge in [-0.05, 0) is 82.3 Å². The van der Waals surface area contributed by atoms with Crippen molar-refractivity contribution in [3.8, 4) is 11.5 Å². The predicted octanol–water partition coefficient (Wildman–Crippen LogP) is 4.59. The first-order valence-electron chi connectivity index (χ1n) is 10.6. The number of nitro groups is 1. The van der Waals surface area contributed by atoms with E-state index >= 15 is 0 Å². The van der Waals surface area contributed by atoms with E-state index in [1.54, 1.807) is 24.3 Å². The molecule has 3 aromatic rings. The van der Waals surface area contributed by atoms with Crippen molar-refractivity contribution in [2.45, 2.75) is 6.61 Å². The molecule has 1 saturated heterocycles. The topological polar surface area (TPSA) is 128 Å². The number of imide groups is 2. The van der Waals surface area contributed by atoms with Crippen molar-refractivity contribution < 1.29 is 33.2 Å². The maximum Gasteiger partial charge on any atom is 0.335 e. The maximum atomic E-state index is 13.7. The van der Waals surface area contributed by atoms with E-state index in [1.807, 2.05) is 22.6 Å². The standard InChI is InChI=1S/C25H17FIN3O7/c1-36-21-11-15(10-20(27)22(21)37-13-14-5-7-17(8-6-14)30(34)35)9-19-23(31)28-25(33)29(24(19)32)18-4-2-3-16(26)12-18/h2-12H,13H2,1H3,(H,28,31,33)/b19-9+. The number of benzene rings is 3. The van der Waals surface area contributed by atoms with Gasteiger partial charge in [0.05, 0.1) is 21.3 Å². The van der Waals surface area contributed by atoms with Crippen LogP contribution in [0.4, 0.5) is 20.6 Å². The van der Waals surface area contributed by atoms with Crippen molar-refractivity contribution in [1.29, 1.82) is 0 Å². The van der Waals surface area contributed by atoms with E-state index in [0.29, 0.717) is 31.1 Å². The number of halogens is 2. The van der Waals surface area contributed by atoms with E-state index in [1.165, 1.54) is 37.5 Å². The van der Waals surface area contributed by atoms with Crippen LogP contribution in [-0.2, 0) is 16.2 Å². The number of nitrogens with zero attached hydrogens (tertiary/aromatic N) is 2. The average Bonchev–Trinajstić information content (AvgIpc) is 2.85. The number of hydrogen-bond acceptors (Lipinski definition) is 7. The molecule has 0 bridgehead atoms. The number of ether oxygens (including phenoxy) is 2. The van der Waals surface area contributed by atoms with E-state index in [-0.39, 0.29) is 23.6 Å². The Kier molecular flexibility index (Phi) is 7.47.